The Morgan fingerprint density at radius 1 is 0.673 bits per heavy atom. The van der Waals surface area contributed by atoms with Gasteiger partial charge in [-0.1, -0.05) is 158 Å². The molecule has 0 atom stereocenters. The van der Waals surface area contributed by atoms with Crippen LogP contribution < -0.4 is 0 Å². The summed E-state index contributed by atoms with van der Waals surface area (Å²) in [6, 6.07) is 48.8. The van der Waals surface area contributed by atoms with Gasteiger partial charge in [-0.05, 0) is 50.2 Å². The number of thioether (sulfide) groups is 1. The van der Waals surface area contributed by atoms with Crippen molar-refractivity contribution in [1.29, 1.82) is 0 Å². The predicted octanol–water partition coefficient (Wildman–Crippen LogP) is 9.81. The molecule has 0 aliphatic rings. The van der Waals surface area contributed by atoms with E-state index in [0.29, 0.717) is 5.82 Å². The molecule has 0 unspecified atom stereocenters. The fourth-order valence-corrected chi connectivity index (χ4v) is 8.30. The van der Waals surface area contributed by atoms with Gasteiger partial charge >= 0.3 is 0 Å². The van der Waals surface area contributed by atoms with Gasteiger partial charge in [0.15, 0.2) is 11.0 Å². The first-order valence-corrected chi connectivity index (χ1v) is 18.4. The van der Waals surface area contributed by atoms with E-state index in [2.05, 4.69) is 149 Å². The molecule has 8 aromatic rings. The van der Waals surface area contributed by atoms with Crippen molar-refractivity contribution in [2.45, 2.75) is 30.6 Å². The lowest BCUT2D eigenvalue weighted by atomic mass is 9.77. The summed E-state index contributed by atoms with van der Waals surface area (Å²) < 4.78 is 4.35. The first-order valence-electron chi connectivity index (χ1n) is 16.5. The Morgan fingerprint density at radius 3 is 1.88 bits per heavy atom. The number of tetrazole rings is 1. The summed E-state index contributed by atoms with van der Waals surface area (Å²) in [6.45, 7) is 2.98. The Labute approximate surface area is 294 Å². The van der Waals surface area contributed by atoms with Crippen LogP contribution in [-0.4, -0.2) is 35.5 Å². The summed E-state index contributed by atoms with van der Waals surface area (Å²) in [5.74, 6) is 1.74. The monoisotopic (exact) mass is 674 g/mol. The maximum absolute atomic E-state index is 4.92. The smallest absolute Gasteiger partial charge is 0.184 e. The number of fused-ring (bicyclic) bond motifs is 1. The zero-order chi connectivity index (χ0) is 33.0. The minimum absolute atomic E-state index is 0.687. The molecule has 0 bridgehead atoms. The van der Waals surface area contributed by atoms with Gasteiger partial charge in [0, 0.05) is 22.1 Å². The molecule has 3 aromatic heterocycles. The maximum Gasteiger partial charge on any atom is 0.184 e. The van der Waals surface area contributed by atoms with Crippen LogP contribution in [0.1, 0.15) is 35.6 Å². The van der Waals surface area contributed by atoms with Crippen molar-refractivity contribution in [3.05, 3.63) is 173 Å². The lowest BCUT2D eigenvalue weighted by Crippen LogP contribution is -2.39. The van der Waals surface area contributed by atoms with Gasteiger partial charge in [-0.2, -0.15) is 0 Å². The van der Waals surface area contributed by atoms with E-state index in [-0.39, 0.29) is 0 Å². The lowest BCUT2D eigenvalue weighted by Gasteiger charge is -2.36. The van der Waals surface area contributed by atoms with Crippen LogP contribution >= 0.6 is 23.1 Å². The quantitative estimate of drug-likeness (QED) is 0.101. The molecule has 8 heteroatoms. The molecule has 0 aliphatic carbocycles. The molecular formula is C41H34N6S2. The standard InChI is InChI=1S/C41H34N6S2/c1-2-26-49-40-42-37-28-48-29-38(37)46(40)27-30-22-24-31(25-23-30)35-20-12-13-21-36(35)39-43-44-45-47(39)41(32-14-6-3-7-15-32,33-16-8-4-9-17-33)34-18-10-5-11-19-34/h3-25,28-29H,2,26-27H2,1H3. The van der Waals surface area contributed by atoms with Crippen LogP contribution in [0.5, 0.6) is 0 Å². The molecule has 0 amide bonds. The molecule has 0 saturated heterocycles. The number of hydrogen-bond donors (Lipinski definition) is 0. The minimum Gasteiger partial charge on any atom is -0.314 e. The van der Waals surface area contributed by atoms with Crippen molar-refractivity contribution in [2.75, 3.05) is 5.75 Å². The number of aromatic nitrogens is 6. The molecule has 0 saturated carbocycles. The molecule has 8 rings (SSSR count). The summed E-state index contributed by atoms with van der Waals surface area (Å²) in [7, 11) is 0. The van der Waals surface area contributed by atoms with E-state index < -0.39 is 5.54 Å². The number of hydrogen-bond acceptors (Lipinski definition) is 6. The first kappa shape index (κ1) is 31.0. The highest BCUT2D eigenvalue weighted by atomic mass is 32.2. The Balaban J connectivity index is 1.23. The normalized spacial score (nSPS) is 11.7. The largest absolute Gasteiger partial charge is 0.314 e. The van der Waals surface area contributed by atoms with Crippen LogP contribution in [0, 0.1) is 0 Å². The van der Waals surface area contributed by atoms with Crippen molar-refractivity contribution < 1.29 is 0 Å². The lowest BCUT2D eigenvalue weighted by molar-refractivity contribution is 0.451. The van der Waals surface area contributed by atoms with Gasteiger partial charge in [0.05, 0.1) is 12.1 Å². The van der Waals surface area contributed by atoms with E-state index >= 15 is 0 Å². The number of thiophene rings is 1. The van der Waals surface area contributed by atoms with Crippen molar-refractivity contribution in [3.8, 4) is 22.5 Å². The van der Waals surface area contributed by atoms with Crippen LogP contribution in [0.25, 0.3) is 33.5 Å². The van der Waals surface area contributed by atoms with Crippen molar-refractivity contribution in [3.63, 3.8) is 0 Å². The average molecular weight is 675 g/mol. The first-order chi connectivity index (χ1) is 24.3. The van der Waals surface area contributed by atoms with Crippen LogP contribution in [0.4, 0.5) is 0 Å². The Morgan fingerprint density at radius 2 is 1.27 bits per heavy atom. The summed E-state index contributed by atoms with van der Waals surface area (Å²) in [5, 5.41) is 19.3. The molecule has 49 heavy (non-hydrogen) atoms. The summed E-state index contributed by atoms with van der Waals surface area (Å²) in [4.78, 5) is 4.92. The number of rotatable bonds is 11. The molecular weight excluding hydrogens is 641 g/mol. The van der Waals surface area contributed by atoms with E-state index in [0.717, 1.165) is 62.8 Å². The fraction of sp³-hybridized carbons (Fsp3) is 0.122. The number of imidazole rings is 1. The van der Waals surface area contributed by atoms with Gasteiger partial charge in [-0.25, -0.2) is 9.67 Å². The van der Waals surface area contributed by atoms with Gasteiger partial charge in [0.2, 0.25) is 0 Å². The maximum atomic E-state index is 4.92. The fourth-order valence-electron chi connectivity index (χ4n) is 6.68. The molecule has 0 fully saturated rings. The zero-order valence-electron chi connectivity index (χ0n) is 27.1. The van der Waals surface area contributed by atoms with E-state index in [1.54, 1.807) is 11.3 Å². The second-order valence-electron chi connectivity index (χ2n) is 11.9. The third-order valence-corrected chi connectivity index (χ3v) is 10.8. The second-order valence-corrected chi connectivity index (χ2v) is 13.7. The summed E-state index contributed by atoms with van der Waals surface area (Å²) in [5.41, 5.74) is 9.00. The second kappa shape index (κ2) is 13.7. The molecule has 0 aliphatic heterocycles. The van der Waals surface area contributed by atoms with Crippen molar-refractivity contribution in [2.24, 2.45) is 0 Å². The summed E-state index contributed by atoms with van der Waals surface area (Å²) >= 11 is 3.54. The van der Waals surface area contributed by atoms with E-state index in [1.165, 1.54) is 11.1 Å². The molecule has 0 radical (unpaired) electrons. The van der Waals surface area contributed by atoms with E-state index in [9.17, 15) is 0 Å². The molecule has 5 aromatic carbocycles. The highest BCUT2D eigenvalue weighted by molar-refractivity contribution is 7.99. The third-order valence-electron chi connectivity index (χ3n) is 8.93. The molecule has 0 N–H and O–H groups in total. The van der Waals surface area contributed by atoms with Crippen LogP contribution in [-0.2, 0) is 12.1 Å². The highest BCUT2D eigenvalue weighted by Gasteiger charge is 2.42. The minimum atomic E-state index is -0.829. The van der Waals surface area contributed by atoms with E-state index in [1.807, 2.05) is 34.6 Å². The molecule has 240 valence electrons. The SMILES string of the molecule is CCCSc1nc2cscc2n1Cc1ccc(-c2ccccc2-c2nnnn2C(c2ccccc2)(c2ccccc2)c2ccccc2)cc1. The van der Waals surface area contributed by atoms with Crippen LogP contribution in [0.15, 0.2) is 155 Å². The zero-order valence-corrected chi connectivity index (χ0v) is 28.7. The van der Waals surface area contributed by atoms with Gasteiger partial charge in [0.25, 0.3) is 0 Å². The topological polar surface area (TPSA) is 61.4 Å². The third kappa shape index (κ3) is 5.67. The van der Waals surface area contributed by atoms with Gasteiger partial charge in [-0.15, -0.1) is 16.4 Å². The number of nitrogens with zero attached hydrogens (tertiary/aromatic N) is 6. The van der Waals surface area contributed by atoms with Crippen LogP contribution in [0.2, 0.25) is 0 Å². The van der Waals surface area contributed by atoms with Gasteiger partial charge < -0.3 is 4.57 Å². The Bertz CT molecular complexity index is 2190. The Hall–Kier alpha value is -5.31. The number of benzene rings is 5. The molecule has 3 heterocycles. The molecule has 6 nitrogen and oxygen atoms in total. The van der Waals surface area contributed by atoms with Crippen molar-refractivity contribution in [1.82, 2.24) is 29.8 Å². The van der Waals surface area contributed by atoms with Crippen molar-refractivity contribution >= 4 is 34.1 Å². The van der Waals surface area contributed by atoms with Gasteiger partial charge in [0.1, 0.15) is 11.1 Å². The highest BCUT2D eigenvalue weighted by Crippen LogP contribution is 2.43. The Kier molecular flexibility index (Phi) is 8.64. The van der Waals surface area contributed by atoms with Gasteiger partial charge in [-0.3, -0.25) is 0 Å². The summed E-state index contributed by atoms with van der Waals surface area (Å²) in [6.07, 6.45) is 1.12. The van der Waals surface area contributed by atoms with Crippen LogP contribution in [0.3, 0.4) is 0 Å². The van der Waals surface area contributed by atoms with E-state index in [4.69, 9.17) is 15.3 Å². The predicted molar refractivity (Wildman–Crippen MR) is 201 cm³/mol. The molecule has 0 spiro atoms. The average Bonchev–Trinajstić information content (AvgIpc) is 3.91.